The van der Waals surface area contributed by atoms with Crippen LogP contribution in [0.15, 0.2) is 48.5 Å². The van der Waals surface area contributed by atoms with E-state index in [2.05, 4.69) is 5.32 Å². The fourth-order valence-electron chi connectivity index (χ4n) is 2.14. The van der Waals surface area contributed by atoms with Crippen LogP contribution in [-0.2, 0) is 4.79 Å². The van der Waals surface area contributed by atoms with Crippen molar-refractivity contribution in [1.82, 2.24) is 0 Å². The van der Waals surface area contributed by atoms with Gasteiger partial charge in [-0.15, -0.1) is 0 Å². The molecule has 24 heavy (non-hydrogen) atoms. The molecule has 1 amide bonds. The molecule has 0 aliphatic rings. The second-order valence-electron chi connectivity index (χ2n) is 5.62. The number of carbonyl (C=O) groups excluding carboxylic acids is 1. The van der Waals surface area contributed by atoms with Gasteiger partial charge in [0.15, 0.2) is 6.10 Å². The molecular weight excluding hydrogens is 326 g/mol. The summed E-state index contributed by atoms with van der Waals surface area (Å²) in [7, 11) is 0. The van der Waals surface area contributed by atoms with Gasteiger partial charge < -0.3 is 14.8 Å². The van der Waals surface area contributed by atoms with Crippen LogP contribution in [0.5, 0.6) is 11.5 Å². The summed E-state index contributed by atoms with van der Waals surface area (Å²) >= 11 is 5.86. The number of ether oxygens (including phenoxy) is 2. The summed E-state index contributed by atoms with van der Waals surface area (Å²) in [5, 5.41) is 3.51. The van der Waals surface area contributed by atoms with E-state index >= 15 is 0 Å². The predicted molar refractivity (Wildman–Crippen MR) is 97.0 cm³/mol. The van der Waals surface area contributed by atoms with Crippen LogP contribution in [0.3, 0.4) is 0 Å². The molecule has 1 atom stereocenters. The monoisotopic (exact) mass is 347 g/mol. The number of para-hydroxylation sites is 2. The molecule has 4 nitrogen and oxygen atoms in total. The third-order valence-corrected chi connectivity index (χ3v) is 3.51. The van der Waals surface area contributed by atoms with Crippen molar-refractivity contribution in [2.45, 2.75) is 39.4 Å². The molecule has 0 saturated heterocycles. The van der Waals surface area contributed by atoms with Gasteiger partial charge in [0.05, 0.1) is 11.8 Å². The second-order valence-corrected chi connectivity index (χ2v) is 6.06. The largest absolute Gasteiger partial charge is 0.489 e. The van der Waals surface area contributed by atoms with Crippen molar-refractivity contribution in [2.75, 3.05) is 5.32 Å². The first-order valence-corrected chi connectivity index (χ1v) is 8.36. The zero-order valence-electron chi connectivity index (χ0n) is 14.1. The van der Waals surface area contributed by atoms with E-state index in [1.54, 1.807) is 24.3 Å². The fraction of sp³-hybridized carbons (Fsp3) is 0.316. The fourth-order valence-corrected chi connectivity index (χ4v) is 2.27. The summed E-state index contributed by atoms with van der Waals surface area (Å²) in [6, 6.07) is 14.3. The molecule has 0 heterocycles. The van der Waals surface area contributed by atoms with E-state index in [1.807, 2.05) is 45.0 Å². The molecule has 1 N–H and O–H groups in total. The number of nitrogens with one attached hydrogen (secondary N) is 1. The van der Waals surface area contributed by atoms with Crippen LogP contribution in [0.4, 0.5) is 5.69 Å². The van der Waals surface area contributed by atoms with Crippen LogP contribution < -0.4 is 14.8 Å². The predicted octanol–water partition coefficient (Wildman–Crippen LogP) is 4.92. The van der Waals surface area contributed by atoms with Crippen molar-refractivity contribution in [2.24, 2.45) is 0 Å². The average molecular weight is 348 g/mol. The van der Waals surface area contributed by atoms with Crippen LogP contribution in [0.25, 0.3) is 0 Å². The Hall–Kier alpha value is -2.20. The maximum Gasteiger partial charge on any atom is 0.265 e. The van der Waals surface area contributed by atoms with E-state index in [0.717, 1.165) is 0 Å². The Morgan fingerprint density at radius 2 is 1.75 bits per heavy atom. The minimum atomic E-state index is -0.599. The van der Waals surface area contributed by atoms with Gasteiger partial charge >= 0.3 is 0 Å². The van der Waals surface area contributed by atoms with Crippen LogP contribution in [0.1, 0.15) is 27.2 Å². The third kappa shape index (κ3) is 5.17. The quantitative estimate of drug-likeness (QED) is 0.773. The lowest BCUT2D eigenvalue weighted by atomic mass is 10.2. The van der Waals surface area contributed by atoms with E-state index in [0.29, 0.717) is 28.6 Å². The van der Waals surface area contributed by atoms with Crippen molar-refractivity contribution >= 4 is 23.2 Å². The molecule has 5 heteroatoms. The zero-order chi connectivity index (χ0) is 17.5. The standard InChI is InChI=1S/C19H22ClNO3/c1-4-17(24-15-11-9-14(20)10-12-15)19(22)21-16-7-5-6-8-18(16)23-13(2)3/h5-13,17H,4H2,1-3H3,(H,21,22). The molecule has 128 valence electrons. The normalized spacial score (nSPS) is 11.9. The van der Waals surface area contributed by atoms with Gasteiger partial charge in [0, 0.05) is 5.02 Å². The lowest BCUT2D eigenvalue weighted by Gasteiger charge is -2.19. The number of hydrogen-bond donors (Lipinski definition) is 1. The third-order valence-electron chi connectivity index (χ3n) is 3.26. The summed E-state index contributed by atoms with van der Waals surface area (Å²) in [4.78, 5) is 12.5. The number of hydrogen-bond acceptors (Lipinski definition) is 3. The topological polar surface area (TPSA) is 47.6 Å². The van der Waals surface area contributed by atoms with E-state index in [4.69, 9.17) is 21.1 Å². The first-order valence-electron chi connectivity index (χ1n) is 7.98. The molecule has 2 aromatic rings. The summed E-state index contributed by atoms with van der Waals surface area (Å²) in [5.74, 6) is 1.03. The van der Waals surface area contributed by atoms with Crippen molar-refractivity contribution < 1.29 is 14.3 Å². The molecule has 0 radical (unpaired) electrons. The van der Waals surface area contributed by atoms with Crippen LogP contribution in [0, 0.1) is 0 Å². The number of halogens is 1. The van der Waals surface area contributed by atoms with Gasteiger partial charge in [0.25, 0.3) is 5.91 Å². The van der Waals surface area contributed by atoms with E-state index < -0.39 is 6.10 Å². The van der Waals surface area contributed by atoms with Crippen molar-refractivity contribution in [3.05, 3.63) is 53.6 Å². The van der Waals surface area contributed by atoms with Gasteiger partial charge in [-0.1, -0.05) is 30.7 Å². The average Bonchev–Trinajstić information content (AvgIpc) is 2.55. The molecule has 0 aliphatic carbocycles. The Balaban J connectivity index is 2.08. The number of amides is 1. The number of carbonyl (C=O) groups is 1. The first-order chi connectivity index (χ1) is 11.5. The molecule has 1 unspecified atom stereocenters. The second kappa shape index (κ2) is 8.60. The molecule has 0 aliphatic heterocycles. The van der Waals surface area contributed by atoms with Gasteiger partial charge in [-0.3, -0.25) is 4.79 Å². The highest BCUT2D eigenvalue weighted by Gasteiger charge is 2.20. The van der Waals surface area contributed by atoms with E-state index in [9.17, 15) is 4.79 Å². The van der Waals surface area contributed by atoms with Crippen molar-refractivity contribution in [3.63, 3.8) is 0 Å². The minimum absolute atomic E-state index is 0.0235. The number of rotatable bonds is 7. The molecular formula is C19H22ClNO3. The van der Waals surface area contributed by atoms with Crippen molar-refractivity contribution in [3.8, 4) is 11.5 Å². The SMILES string of the molecule is CCC(Oc1ccc(Cl)cc1)C(=O)Nc1ccccc1OC(C)C. The Morgan fingerprint density at radius 1 is 1.08 bits per heavy atom. The van der Waals surface area contributed by atoms with Gasteiger partial charge in [-0.25, -0.2) is 0 Å². The summed E-state index contributed by atoms with van der Waals surface area (Å²) in [5.41, 5.74) is 0.634. The number of anilines is 1. The van der Waals surface area contributed by atoms with Gasteiger partial charge in [-0.2, -0.15) is 0 Å². The molecule has 2 aromatic carbocycles. The lowest BCUT2D eigenvalue weighted by molar-refractivity contribution is -0.122. The van der Waals surface area contributed by atoms with E-state index in [-0.39, 0.29) is 12.0 Å². The van der Waals surface area contributed by atoms with Crippen LogP contribution in [0.2, 0.25) is 5.02 Å². The molecule has 0 fully saturated rings. The first kappa shape index (κ1) is 18.1. The summed E-state index contributed by atoms with van der Waals surface area (Å²) < 4.78 is 11.5. The van der Waals surface area contributed by atoms with Gasteiger partial charge in [0.1, 0.15) is 11.5 Å². The molecule has 2 rings (SSSR count). The highest BCUT2D eigenvalue weighted by molar-refractivity contribution is 6.30. The highest BCUT2D eigenvalue weighted by Crippen LogP contribution is 2.25. The van der Waals surface area contributed by atoms with Crippen LogP contribution in [-0.4, -0.2) is 18.1 Å². The Kier molecular flexibility index (Phi) is 6.50. The Labute approximate surface area is 147 Å². The van der Waals surface area contributed by atoms with Gasteiger partial charge in [0.2, 0.25) is 0 Å². The smallest absolute Gasteiger partial charge is 0.265 e. The summed E-state index contributed by atoms with van der Waals surface area (Å²) in [6.45, 7) is 5.78. The van der Waals surface area contributed by atoms with E-state index in [1.165, 1.54) is 0 Å². The molecule has 0 bridgehead atoms. The lowest BCUT2D eigenvalue weighted by Crippen LogP contribution is -2.32. The number of benzene rings is 2. The van der Waals surface area contributed by atoms with Crippen LogP contribution >= 0.6 is 11.6 Å². The maximum atomic E-state index is 12.5. The molecule has 0 saturated carbocycles. The van der Waals surface area contributed by atoms with Gasteiger partial charge in [-0.05, 0) is 56.7 Å². The Bertz CT molecular complexity index is 671. The van der Waals surface area contributed by atoms with Crippen molar-refractivity contribution in [1.29, 1.82) is 0 Å². The molecule has 0 spiro atoms. The highest BCUT2D eigenvalue weighted by atomic mass is 35.5. The maximum absolute atomic E-state index is 12.5. The minimum Gasteiger partial charge on any atom is -0.489 e. The molecule has 0 aromatic heterocycles. The summed E-state index contributed by atoms with van der Waals surface area (Å²) in [6.07, 6.45) is -0.0320. The Morgan fingerprint density at radius 3 is 2.38 bits per heavy atom. The zero-order valence-corrected chi connectivity index (χ0v) is 14.8.